The Morgan fingerprint density at radius 2 is 2.25 bits per heavy atom. The van der Waals surface area contributed by atoms with Crippen molar-refractivity contribution in [2.75, 3.05) is 12.3 Å². The van der Waals surface area contributed by atoms with Crippen molar-refractivity contribution >= 4 is 17.0 Å². The van der Waals surface area contributed by atoms with Gasteiger partial charge in [-0.1, -0.05) is 5.11 Å². The predicted molar refractivity (Wildman–Crippen MR) is 73.6 cm³/mol. The largest absolute Gasteiger partial charge is 0.493 e. The Hall–Kier alpha value is -2.73. The smallest absolute Gasteiger partial charge is 0.228 e. The van der Waals surface area contributed by atoms with Crippen LogP contribution in [0.4, 0.5) is 14.7 Å². The molecular formula is C11H11F2N7O4. The van der Waals surface area contributed by atoms with Gasteiger partial charge >= 0.3 is 0 Å². The van der Waals surface area contributed by atoms with E-state index in [9.17, 15) is 24.1 Å². The first kappa shape index (κ1) is 16.1. The molecule has 0 saturated carbocycles. The Bertz CT molecular complexity index is 855. The molecule has 2 aromatic rings. The maximum atomic E-state index is 14.5. The molecular weight excluding hydrogens is 332 g/mol. The number of azide groups is 1. The van der Waals surface area contributed by atoms with Crippen molar-refractivity contribution in [3.8, 4) is 5.88 Å². The minimum atomic E-state index is -2.29. The van der Waals surface area contributed by atoms with Crippen molar-refractivity contribution in [3.05, 3.63) is 22.5 Å². The van der Waals surface area contributed by atoms with E-state index < -0.39 is 53.9 Å². The first-order chi connectivity index (χ1) is 11.3. The lowest BCUT2D eigenvalue weighted by molar-refractivity contribution is -0.122. The molecule has 128 valence electrons. The number of aromatic nitrogens is 3. The zero-order valence-corrected chi connectivity index (χ0v) is 11.8. The molecule has 11 nitrogen and oxygen atoms in total. The molecule has 0 aliphatic carbocycles. The van der Waals surface area contributed by atoms with Crippen LogP contribution >= 0.6 is 0 Å². The van der Waals surface area contributed by atoms with Crippen LogP contribution in [0.25, 0.3) is 21.5 Å². The number of ether oxygens (including phenoxy) is 1. The molecule has 4 atom stereocenters. The average molecular weight is 343 g/mol. The number of fused-ring (bicyclic) bond motifs is 1. The zero-order valence-electron chi connectivity index (χ0n) is 11.8. The molecule has 1 aliphatic heterocycles. The van der Waals surface area contributed by atoms with Crippen LogP contribution < -0.4 is 5.73 Å². The number of aromatic hydroxyl groups is 1. The highest BCUT2D eigenvalue weighted by Crippen LogP contribution is 2.42. The number of aliphatic hydroxyl groups is 2. The molecule has 2 aromatic heterocycles. The third-order valence-corrected chi connectivity index (χ3v) is 3.70. The predicted octanol–water partition coefficient (Wildman–Crippen LogP) is 0.0849. The van der Waals surface area contributed by atoms with Gasteiger partial charge < -0.3 is 25.8 Å². The molecule has 3 heterocycles. The molecule has 0 radical (unpaired) electrons. The van der Waals surface area contributed by atoms with Crippen molar-refractivity contribution < 1.29 is 28.8 Å². The molecule has 13 heteroatoms. The van der Waals surface area contributed by atoms with Gasteiger partial charge in [0, 0.05) is 11.1 Å². The van der Waals surface area contributed by atoms with E-state index in [-0.39, 0.29) is 5.65 Å². The van der Waals surface area contributed by atoms with Crippen LogP contribution in [0.1, 0.15) is 6.23 Å². The summed E-state index contributed by atoms with van der Waals surface area (Å²) in [5.41, 5.74) is 11.3. The van der Waals surface area contributed by atoms with Crippen LogP contribution in [0, 0.1) is 5.82 Å². The normalized spacial score (nSPS) is 29.8. The van der Waals surface area contributed by atoms with E-state index in [1.54, 1.807) is 0 Å². The third-order valence-electron chi connectivity index (χ3n) is 3.70. The summed E-state index contributed by atoms with van der Waals surface area (Å²) in [7, 11) is 0. The van der Waals surface area contributed by atoms with Gasteiger partial charge in [0.2, 0.25) is 17.6 Å². The fourth-order valence-electron chi connectivity index (χ4n) is 2.58. The highest BCUT2D eigenvalue weighted by molar-refractivity contribution is 5.83. The van der Waals surface area contributed by atoms with Gasteiger partial charge in [0.05, 0.1) is 6.61 Å². The van der Waals surface area contributed by atoms with Gasteiger partial charge in [0.15, 0.2) is 23.9 Å². The number of hydrogen-bond acceptors (Lipinski definition) is 8. The summed E-state index contributed by atoms with van der Waals surface area (Å²) in [6.45, 7) is -1.01. The summed E-state index contributed by atoms with van der Waals surface area (Å²) in [4.78, 5) is 9.52. The Morgan fingerprint density at radius 1 is 1.54 bits per heavy atom. The van der Waals surface area contributed by atoms with Crippen LogP contribution in [-0.4, -0.2) is 54.5 Å². The van der Waals surface area contributed by atoms with E-state index in [2.05, 4.69) is 20.0 Å². The van der Waals surface area contributed by atoms with Crippen LogP contribution in [0.2, 0.25) is 0 Å². The minimum absolute atomic E-state index is 0.299. The number of nitrogen functional groups attached to an aromatic ring is 1. The fourth-order valence-corrected chi connectivity index (χ4v) is 2.58. The molecule has 5 N–H and O–H groups in total. The van der Waals surface area contributed by atoms with E-state index in [0.717, 1.165) is 10.8 Å². The van der Waals surface area contributed by atoms with Crippen molar-refractivity contribution in [2.24, 2.45) is 5.11 Å². The van der Waals surface area contributed by atoms with Gasteiger partial charge in [0.25, 0.3) is 0 Å². The summed E-state index contributed by atoms with van der Waals surface area (Å²) in [6, 6.07) is 0. The first-order valence-corrected chi connectivity index (χ1v) is 6.54. The van der Waals surface area contributed by atoms with Crippen LogP contribution in [-0.2, 0) is 4.74 Å². The van der Waals surface area contributed by atoms with Gasteiger partial charge in [-0.15, -0.1) is 0 Å². The number of hydrogen-bond donors (Lipinski definition) is 4. The molecule has 24 heavy (non-hydrogen) atoms. The second-order valence-corrected chi connectivity index (χ2v) is 5.08. The maximum absolute atomic E-state index is 14.5. The summed E-state index contributed by atoms with van der Waals surface area (Å²) in [5, 5.41) is 31.6. The number of rotatable bonds is 3. The topological polar surface area (TPSA) is 175 Å². The lowest BCUT2D eigenvalue weighted by Crippen LogP contribution is -2.43. The van der Waals surface area contributed by atoms with Crippen molar-refractivity contribution in [2.45, 2.75) is 24.2 Å². The molecule has 1 aliphatic rings. The van der Waals surface area contributed by atoms with Crippen LogP contribution in [0.5, 0.6) is 5.88 Å². The lowest BCUT2D eigenvalue weighted by atomic mass is 10.1. The summed E-state index contributed by atoms with van der Waals surface area (Å²) >= 11 is 0. The van der Waals surface area contributed by atoms with Gasteiger partial charge in [-0.3, -0.25) is 4.57 Å². The number of alkyl halides is 1. The molecule has 0 amide bonds. The highest BCUT2D eigenvalue weighted by atomic mass is 19.1. The average Bonchev–Trinajstić information content (AvgIpc) is 2.98. The van der Waals surface area contributed by atoms with E-state index in [1.807, 2.05) is 0 Å². The number of nitrogens with two attached hydrogens (primary N) is 1. The molecule has 4 unspecified atom stereocenters. The third kappa shape index (κ3) is 2.11. The number of aliphatic hydroxyl groups excluding tert-OH is 2. The Kier molecular flexibility index (Phi) is 3.64. The fraction of sp³-hybridized carbons (Fsp3) is 0.455. The highest BCUT2D eigenvalue weighted by Gasteiger charge is 2.56. The van der Waals surface area contributed by atoms with E-state index in [1.165, 1.54) is 0 Å². The SMILES string of the molecule is [N-]=[N+]=NC1(CO)OC(n2cc(F)c3c(O)nc(N)nc32)C(F)C1O. The van der Waals surface area contributed by atoms with E-state index in [0.29, 0.717) is 0 Å². The Balaban J connectivity index is 2.16. The summed E-state index contributed by atoms with van der Waals surface area (Å²) in [6.07, 6.45) is -5.16. The molecule has 0 spiro atoms. The molecule has 0 aromatic carbocycles. The molecule has 1 fully saturated rings. The molecule has 0 bridgehead atoms. The van der Waals surface area contributed by atoms with Gasteiger partial charge in [-0.25, -0.2) is 8.78 Å². The summed E-state index contributed by atoms with van der Waals surface area (Å²) in [5.74, 6) is -2.15. The van der Waals surface area contributed by atoms with Crippen molar-refractivity contribution in [3.63, 3.8) is 0 Å². The quantitative estimate of drug-likeness (QED) is 0.346. The standard InChI is InChI=1S/C11H11F2N7O4/c12-3-1-20(7-4(3)8(23)17-10(14)16-7)9-5(13)6(22)11(2-21,24-9)18-19-15/h1,5-6,9,21-22H,2H2,(H3,14,16,17,23). The summed E-state index contributed by atoms with van der Waals surface area (Å²) < 4.78 is 34.5. The maximum Gasteiger partial charge on any atom is 0.228 e. The first-order valence-electron chi connectivity index (χ1n) is 6.54. The number of anilines is 1. The minimum Gasteiger partial charge on any atom is -0.493 e. The Labute approximate surface area is 131 Å². The lowest BCUT2D eigenvalue weighted by Gasteiger charge is -2.23. The number of nitrogens with zero attached hydrogens (tertiary/aromatic N) is 6. The van der Waals surface area contributed by atoms with Crippen LogP contribution in [0.15, 0.2) is 11.3 Å². The monoisotopic (exact) mass is 343 g/mol. The van der Waals surface area contributed by atoms with E-state index >= 15 is 0 Å². The van der Waals surface area contributed by atoms with Gasteiger partial charge in [-0.2, -0.15) is 9.97 Å². The van der Waals surface area contributed by atoms with Crippen molar-refractivity contribution in [1.82, 2.24) is 14.5 Å². The van der Waals surface area contributed by atoms with Gasteiger partial charge in [0.1, 0.15) is 11.5 Å². The van der Waals surface area contributed by atoms with Crippen molar-refractivity contribution in [1.29, 1.82) is 0 Å². The Morgan fingerprint density at radius 3 is 2.88 bits per heavy atom. The number of halogens is 2. The molecule has 1 saturated heterocycles. The van der Waals surface area contributed by atoms with E-state index in [4.69, 9.17) is 16.0 Å². The van der Waals surface area contributed by atoms with Gasteiger partial charge in [-0.05, 0) is 5.53 Å². The second-order valence-electron chi connectivity index (χ2n) is 5.08. The second kappa shape index (κ2) is 5.42. The molecule has 3 rings (SSSR count). The van der Waals surface area contributed by atoms with Crippen LogP contribution in [0.3, 0.4) is 0 Å². The zero-order chi connectivity index (χ0) is 17.6.